The number of carboxylic acids is 2. The van der Waals surface area contributed by atoms with E-state index in [0.29, 0.717) is 45.3 Å². The van der Waals surface area contributed by atoms with Gasteiger partial charge in [-0.15, -0.1) is 11.3 Å². The van der Waals surface area contributed by atoms with Gasteiger partial charge in [0.2, 0.25) is 59.1 Å². The minimum absolute atomic E-state index is 0.0314. The van der Waals surface area contributed by atoms with Crippen LogP contribution in [-0.4, -0.2) is 170 Å². The van der Waals surface area contributed by atoms with E-state index in [-0.39, 0.29) is 75.6 Å². The second kappa shape index (κ2) is 35.3. The fraction of sp³-hybridized carbons (Fsp3) is 0.446. The number of H-pyrrole nitrogens is 1. The van der Waals surface area contributed by atoms with Crippen LogP contribution in [0.4, 0.5) is 0 Å². The monoisotopic (exact) mass is 1320 g/mol. The SMILES string of the molecule is CC(C)C[C@H](NC(=O)[C@H](CCCN)NC(=O)[C@@H](N)C(C)C)C(=O)N[C@@H](Cc1ccc(O)cc1)C(=O)N1CCC[C@H]1C(=O)N[C@@H](Cc1cccs1)C(=O)N[C@@H](Cc1ccccc1)C(=O)N[C@@H](CC(N)=O)C(=O)N[C@@H](CC(=O)O)C(=O)N[C@@H](Cc1c[nH]c2ccccc12)C(=O)O. The maximum Gasteiger partial charge on any atom is 0.326 e. The number of aromatic hydroxyl groups is 1. The number of hydrogen-bond acceptors (Lipinski definition) is 16. The Morgan fingerprint density at radius 1 is 0.596 bits per heavy atom. The summed E-state index contributed by atoms with van der Waals surface area (Å²) in [6.07, 6.45) is -0.209. The number of phenolic OH excluding ortho intramolecular Hbond substituents is 1. The first-order valence-corrected chi connectivity index (χ1v) is 31.9. The Labute approximate surface area is 547 Å². The number of fused-ring (bicyclic) bond motifs is 1. The number of benzene rings is 3. The number of carbonyl (C=O) groups is 12. The molecule has 5 aromatic rings. The second-order valence-corrected chi connectivity index (χ2v) is 25.1. The van der Waals surface area contributed by atoms with Gasteiger partial charge in [0.15, 0.2) is 0 Å². The molecule has 1 aliphatic heterocycles. The average Bonchev–Trinajstić information content (AvgIpc) is 1.61. The number of nitrogens with two attached hydrogens (primary N) is 3. The lowest BCUT2D eigenvalue weighted by molar-refractivity contribution is -0.144. The van der Waals surface area contributed by atoms with Gasteiger partial charge in [-0.05, 0) is 96.8 Å². The maximum absolute atomic E-state index is 15.0. The number of carboxylic acid groups (broad SMARTS) is 2. The molecule has 0 bridgehead atoms. The van der Waals surface area contributed by atoms with Crippen molar-refractivity contribution in [3.05, 3.63) is 124 Å². The number of hydrogen-bond donors (Lipinski definition) is 15. The molecule has 506 valence electrons. The molecule has 2 aromatic heterocycles. The molecule has 18 N–H and O–H groups in total. The normalized spacial score (nSPS) is 15.8. The third-order valence-corrected chi connectivity index (χ3v) is 16.7. The zero-order chi connectivity index (χ0) is 68.8. The van der Waals surface area contributed by atoms with E-state index >= 15 is 4.79 Å². The highest BCUT2D eigenvalue weighted by Crippen LogP contribution is 2.23. The Morgan fingerprint density at radius 2 is 1.14 bits per heavy atom. The number of likely N-dealkylation sites (tertiary alicyclic amines) is 1. The van der Waals surface area contributed by atoms with E-state index in [4.69, 9.17) is 17.2 Å². The van der Waals surface area contributed by atoms with Crippen molar-refractivity contribution in [2.75, 3.05) is 13.1 Å². The van der Waals surface area contributed by atoms with E-state index in [1.807, 2.05) is 13.8 Å². The smallest absolute Gasteiger partial charge is 0.326 e. The van der Waals surface area contributed by atoms with Crippen LogP contribution in [0.2, 0.25) is 0 Å². The molecule has 0 aliphatic carbocycles. The molecule has 1 fully saturated rings. The third kappa shape index (κ3) is 22.0. The molecule has 0 unspecified atom stereocenters. The summed E-state index contributed by atoms with van der Waals surface area (Å²) in [4.78, 5) is 171. The largest absolute Gasteiger partial charge is 0.508 e. The second-order valence-electron chi connectivity index (χ2n) is 24.0. The van der Waals surface area contributed by atoms with Crippen molar-refractivity contribution < 1.29 is 72.9 Å². The summed E-state index contributed by atoms with van der Waals surface area (Å²) in [6, 6.07) is 10.2. The standard InChI is InChI=1S/C65H85N13O15S/c1-35(2)27-45(71-56(83)44(18-10-24-66)70-63(90)55(68)36(3)4)57(84)76-50(29-38-20-22-40(79)23-21-38)64(91)78-25-11-19-52(78)62(89)75-47(31-41-15-12-26-94-41)59(86)72-46(28-37-13-6-5-7-14-37)58(85)73-48(32-53(67)80)60(87)74-49(33-54(81)82)61(88)77-51(65(92)93)30-39-34-69-43-17-9-8-16-42(39)43/h5-9,12-17,20-23,26,34-36,44-52,55,69,79H,10-11,18-19,24-25,27-33,66,68H2,1-4H3,(H2,67,80)(H,70,90)(H,71,83)(H,72,86)(H,73,85)(H,74,87)(H,75,89)(H,76,84)(H,77,88)(H,81,82)(H,92,93)/t44-,45-,46-,47-,48-,49-,50-,51-,52-,55-/m0/s1. The Morgan fingerprint density at radius 3 is 1.74 bits per heavy atom. The number of aromatic nitrogens is 1. The van der Waals surface area contributed by atoms with Crippen LogP contribution in [-0.2, 0) is 83.2 Å². The van der Waals surface area contributed by atoms with E-state index in [9.17, 15) is 68.1 Å². The molecular formula is C65H85N13O15S. The molecule has 1 saturated heterocycles. The van der Waals surface area contributed by atoms with E-state index in [2.05, 4.69) is 47.5 Å². The first-order valence-electron chi connectivity index (χ1n) is 31.0. The molecule has 0 saturated carbocycles. The average molecular weight is 1320 g/mol. The fourth-order valence-corrected chi connectivity index (χ4v) is 11.5. The molecule has 94 heavy (non-hydrogen) atoms. The van der Waals surface area contributed by atoms with Crippen molar-refractivity contribution in [1.29, 1.82) is 0 Å². The van der Waals surface area contributed by atoms with Gasteiger partial charge in [-0.2, -0.15) is 0 Å². The minimum Gasteiger partial charge on any atom is -0.508 e. The lowest BCUT2D eigenvalue weighted by atomic mass is 9.99. The number of primary amides is 1. The van der Waals surface area contributed by atoms with Gasteiger partial charge in [-0.1, -0.05) is 94.4 Å². The molecular weight excluding hydrogens is 1230 g/mol. The molecule has 3 aromatic carbocycles. The Bertz CT molecular complexity index is 3460. The maximum atomic E-state index is 15.0. The number of nitrogens with zero attached hydrogens (tertiary/aromatic N) is 1. The number of nitrogens with one attached hydrogen (secondary N) is 9. The van der Waals surface area contributed by atoms with Gasteiger partial charge in [0.1, 0.15) is 60.1 Å². The van der Waals surface area contributed by atoms with Crippen LogP contribution in [0.5, 0.6) is 5.75 Å². The van der Waals surface area contributed by atoms with E-state index in [1.54, 1.807) is 104 Å². The molecule has 0 radical (unpaired) electrons. The van der Waals surface area contributed by atoms with E-state index < -0.39 is 144 Å². The Hall–Kier alpha value is -9.74. The summed E-state index contributed by atoms with van der Waals surface area (Å²) in [5, 5.41) is 53.1. The van der Waals surface area contributed by atoms with Crippen molar-refractivity contribution in [1.82, 2.24) is 52.4 Å². The van der Waals surface area contributed by atoms with Crippen molar-refractivity contribution >= 4 is 93.3 Å². The lowest BCUT2D eigenvalue weighted by Gasteiger charge is -2.31. The summed E-state index contributed by atoms with van der Waals surface area (Å²) < 4.78 is 0. The van der Waals surface area contributed by atoms with Crippen molar-refractivity contribution in [3.63, 3.8) is 0 Å². The number of amides is 10. The van der Waals surface area contributed by atoms with E-state index in [0.717, 1.165) is 0 Å². The highest BCUT2D eigenvalue weighted by molar-refractivity contribution is 7.09. The molecule has 6 rings (SSSR count). The van der Waals surface area contributed by atoms with Crippen LogP contribution in [0.3, 0.4) is 0 Å². The molecule has 3 heterocycles. The zero-order valence-electron chi connectivity index (χ0n) is 52.8. The Kier molecular flexibility index (Phi) is 27.6. The summed E-state index contributed by atoms with van der Waals surface area (Å²) >= 11 is 1.25. The predicted molar refractivity (Wildman–Crippen MR) is 346 cm³/mol. The van der Waals surface area contributed by atoms with Gasteiger partial charge in [-0.3, -0.25) is 52.7 Å². The number of aliphatic carboxylic acids is 2. The molecule has 10 atom stereocenters. The summed E-state index contributed by atoms with van der Waals surface area (Å²) in [5.74, 6) is -12.6. The zero-order valence-corrected chi connectivity index (χ0v) is 53.6. The number of thiophene rings is 1. The van der Waals surface area contributed by atoms with Crippen molar-refractivity contribution in [2.45, 2.75) is 159 Å². The Balaban J connectivity index is 1.23. The van der Waals surface area contributed by atoms with Crippen LogP contribution in [0.1, 0.15) is 94.2 Å². The molecule has 0 spiro atoms. The predicted octanol–water partition coefficient (Wildman–Crippen LogP) is 0.278. The van der Waals surface area contributed by atoms with Crippen LogP contribution in [0, 0.1) is 11.8 Å². The number of para-hydroxylation sites is 1. The van der Waals surface area contributed by atoms with Crippen LogP contribution < -0.4 is 59.7 Å². The highest BCUT2D eigenvalue weighted by Gasteiger charge is 2.41. The van der Waals surface area contributed by atoms with E-state index in [1.165, 1.54) is 28.4 Å². The fourth-order valence-electron chi connectivity index (χ4n) is 10.8. The summed E-state index contributed by atoms with van der Waals surface area (Å²) in [6.45, 7) is 7.39. The van der Waals surface area contributed by atoms with Gasteiger partial charge in [0, 0.05) is 54.2 Å². The number of phenols is 1. The first-order chi connectivity index (χ1) is 44.7. The van der Waals surface area contributed by atoms with Gasteiger partial charge < -0.3 is 84.9 Å². The molecule has 1 aliphatic rings. The van der Waals surface area contributed by atoms with Gasteiger partial charge in [0.05, 0.1) is 18.9 Å². The number of rotatable bonds is 36. The molecule has 29 heteroatoms. The van der Waals surface area contributed by atoms with Gasteiger partial charge in [0.25, 0.3) is 0 Å². The van der Waals surface area contributed by atoms with Crippen LogP contribution in [0.25, 0.3) is 10.9 Å². The number of carbonyl (C=O) groups excluding carboxylic acids is 10. The summed E-state index contributed by atoms with van der Waals surface area (Å²) in [5.41, 5.74) is 19.6. The topological polar surface area (TPSA) is 459 Å². The quantitative estimate of drug-likeness (QED) is 0.0256. The number of aromatic amines is 1. The highest BCUT2D eigenvalue weighted by atomic mass is 32.1. The molecule has 10 amide bonds. The van der Waals surface area contributed by atoms with Gasteiger partial charge >= 0.3 is 11.9 Å². The minimum atomic E-state index is -1.96. The van der Waals surface area contributed by atoms with Gasteiger partial charge in [-0.25, -0.2) is 4.79 Å². The lowest BCUT2D eigenvalue weighted by Crippen LogP contribution is -2.61. The van der Waals surface area contributed by atoms with Crippen molar-refractivity contribution in [3.8, 4) is 5.75 Å². The van der Waals surface area contributed by atoms with Crippen LogP contribution >= 0.6 is 11.3 Å². The molecule has 28 nitrogen and oxygen atoms in total. The first kappa shape index (κ1) is 73.3. The van der Waals surface area contributed by atoms with Crippen LogP contribution in [0.15, 0.2) is 103 Å². The summed E-state index contributed by atoms with van der Waals surface area (Å²) in [7, 11) is 0. The van der Waals surface area contributed by atoms with Crippen molar-refractivity contribution in [2.24, 2.45) is 29.0 Å². The third-order valence-electron chi connectivity index (χ3n) is 15.8.